The van der Waals surface area contributed by atoms with Gasteiger partial charge in [-0.15, -0.1) is 0 Å². The quantitative estimate of drug-likeness (QED) is 0.111. The number of ether oxygens (including phenoxy) is 1. The number of aromatic amines is 2. The number of amides is 2. The van der Waals surface area contributed by atoms with E-state index in [9.17, 15) is 14.4 Å². The summed E-state index contributed by atoms with van der Waals surface area (Å²) in [7, 11) is 1.48. The summed E-state index contributed by atoms with van der Waals surface area (Å²) < 4.78 is 6.40. The topological polar surface area (TPSA) is 137 Å². The van der Waals surface area contributed by atoms with Crippen LogP contribution in [0.25, 0.3) is 33.8 Å². The highest BCUT2D eigenvalue weighted by Crippen LogP contribution is 2.34. The summed E-state index contributed by atoms with van der Waals surface area (Å²) in [5.74, 6) is -0.145. The fraction of sp³-hybridized carbons (Fsp3) is 0.226. The first-order valence-corrected chi connectivity index (χ1v) is 15.2. The molecule has 43 heavy (non-hydrogen) atoms. The largest absolute Gasteiger partial charge is 0.494 e. The monoisotopic (exact) mass is 689 g/mol. The number of methoxy groups -OCH3 is 1. The van der Waals surface area contributed by atoms with Crippen LogP contribution in [0.3, 0.4) is 0 Å². The van der Waals surface area contributed by atoms with Crippen molar-refractivity contribution in [2.45, 2.75) is 17.4 Å². The van der Waals surface area contributed by atoms with Gasteiger partial charge in [0.2, 0.25) is 0 Å². The number of rotatable bonds is 7. The number of hydrogen-bond acceptors (Lipinski definition) is 7. The van der Waals surface area contributed by atoms with E-state index in [1.165, 1.54) is 24.4 Å². The third-order valence-corrected chi connectivity index (χ3v) is 8.46. The molecule has 1 aliphatic rings. The number of nitrogens with zero attached hydrogens (tertiary/aromatic N) is 5. The van der Waals surface area contributed by atoms with Crippen molar-refractivity contribution in [3.63, 3.8) is 0 Å². The van der Waals surface area contributed by atoms with Crippen LogP contribution in [0.15, 0.2) is 67.0 Å². The Kier molecular flexibility index (Phi) is 7.93. The Morgan fingerprint density at radius 3 is 2.65 bits per heavy atom. The molecule has 5 aromatic rings. The normalized spacial score (nSPS) is 15.1. The van der Waals surface area contributed by atoms with Crippen LogP contribution >= 0.6 is 22.6 Å². The van der Waals surface area contributed by atoms with Crippen molar-refractivity contribution in [3.05, 3.63) is 83.7 Å². The van der Waals surface area contributed by atoms with Crippen LogP contribution in [-0.2, 0) is 9.22 Å². The molecule has 0 unspecified atom stereocenters. The summed E-state index contributed by atoms with van der Waals surface area (Å²) >= 11 is 2.31. The van der Waals surface area contributed by atoms with Gasteiger partial charge < -0.3 is 19.5 Å². The first kappa shape index (κ1) is 28.5. The number of carbonyl (C=O) groups is 3. The molecule has 2 N–H and O–H groups in total. The fourth-order valence-corrected chi connectivity index (χ4v) is 5.85. The molecule has 1 aliphatic heterocycles. The predicted octanol–water partition coefficient (Wildman–Crippen LogP) is 4.51. The smallest absolute Gasteiger partial charge is 0.295 e. The molecule has 11 nitrogen and oxygen atoms in total. The van der Waals surface area contributed by atoms with Crippen molar-refractivity contribution in [2.24, 2.45) is 0 Å². The number of ketones is 1. The van der Waals surface area contributed by atoms with E-state index in [4.69, 9.17) is 4.74 Å². The second-order valence-corrected chi connectivity index (χ2v) is 11.0. The van der Waals surface area contributed by atoms with Crippen molar-refractivity contribution in [1.82, 2.24) is 34.9 Å². The zero-order chi connectivity index (χ0) is 30.1. The zero-order valence-electron chi connectivity index (χ0n) is 23.5. The summed E-state index contributed by atoms with van der Waals surface area (Å²) in [5, 5.41) is 7.77. The molecule has 0 radical (unpaired) electrons. The molecule has 1 saturated heterocycles. The molecule has 1 fully saturated rings. The number of pyridine rings is 1. The van der Waals surface area contributed by atoms with E-state index in [0.29, 0.717) is 46.1 Å². The molecule has 0 bridgehead atoms. The number of H-pyrrole nitrogens is 2. The number of halogens is 1. The van der Waals surface area contributed by atoms with Gasteiger partial charge in [-0.3, -0.25) is 19.5 Å². The molecule has 6 rings (SSSR count). The maximum absolute atomic E-state index is 13.6. The van der Waals surface area contributed by atoms with Crippen LogP contribution in [0.5, 0.6) is 5.75 Å². The summed E-state index contributed by atoms with van der Waals surface area (Å²) in [5.41, 5.74) is 3.72. The van der Waals surface area contributed by atoms with E-state index in [0.717, 1.165) is 15.6 Å². The number of Topliss-reactive ketones (excluding diaryl/α,β-unsaturated/α-hetero) is 1. The van der Waals surface area contributed by atoms with Gasteiger partial charge in [0.15, 0.2) is 11.6 Å². The number of fused-ring (bicyclic) bond motifs is 1. The molecule has 2 amide bonds. The summed E-state index contributed by atoms with van der Waals surface area (Å²) in [4.78, 5) is 55.6. The van der Waals surface area contributed by atoms with Crippen LogP contribution in [0.4, 0.5) is 0 Å². The van der Waals surface area contributed by atoms with Crippen molar-refractivity contribution < 1.29 is 19.1 Å². The second kappa shape index (κ2) is 12.0. The first-order chi connectivity index (χ1) is 20.9. The van der Waals surface area contributed by atoms with Crippen LogP contribution in [0, 0.1) is 0 Å². The van der Waals surface area contributed by atoms with Gasteiger partial charge in [-0.2, -0.15) is 5.10 Å². The van der Waals surface area contributed by atoms with Crippen molar-refractivity contribution in [2.75, 3.05) is 26.7 Å². The van der Waals surface area contributed by atoms with Crippen molar-refractivity contribution in [1.29, 1.82) is 0 Å². The van der Waals surface area contributed by atoms with Gasteiger partial charge >= 0.3 is 0 Å². The Morgan fingerprint density at radius 1 is 1.09 bits per heavy atom. The number of nitrogens with one attached hydrogen (secondary N) is 2. The summed E-state index contributed by atoms with van der Waals surface area (Å²) in [6, 6.07) is 16.8. The van der Waals surface area contributed by atoms with E-state index in [2.05, 4.69) is 47.7 Å². The minimum Gasteiger partial charge on any atom is -0.494 e. The Labute approximate surface area is 260 Å². The first-order valence-electron chi connectivity index (χ1n) is 13.7. The lowest BCUT2D eigenvalue weighted by molar-refractivity contribution is -0.128. The van der Waals surface area contributed by atoms with E-state index >= 15 is 0 Å². The molecular formula is C31H28IN7O4. The average Bonchev–Trinajstić information content (AvgIpc) is 3.72. The highest BCUT2D eigenvalue weighted by Gasteiger charge is 2.34. The Hall–Kier alpha value is -4.59. The van der Waals surface area contributed by atoms with Gasteiger partial charge in [-0.25, -0.2) is 9.97 Å². The number of hydrogen-bond donors (Lipinski definition) is 2. The number of aromatic nitrogens is 5. The second-order valence-electron chi connectivity index (χ2n) is 10.3. The minimum absolute atomic E-state index is 0.0961. The van der Waals surface area contributed by atoms with Gasteiger partial charge in [-0.05, 0) is 30.7 Å². The van der Waals surface area contributed by atoms with Crippen molar-refractivity contribution >= 4 is 51.1 Å². The third kappa shape index (κ3) is 5.38. The van der Waals surface area contributed by atoms with Gasteiger partial charge in [0, 0.05) is 47.4 Å². The highest BCUT2D eigenvalue weighted by molar-refractivity contribution is 14.1. The van der Waals surface area contributed by atoms with Crippen LogP contribution in [-0.4, -0.2) is 85.3 Å². The van der Waals surface area contributed by atoms with Gasteiger partial charge in [0.05, 0.1) is 29.8 Å². The van der Waals surface area contributed by atoms with E-state index in [1.807, 2.05) is 49.4 Å². The average molecular weight is 690 g/mol. The van der Waals surface area contributed by atoms with Gasteiger partial charge in [0.25, 0.3) is 17.6 Å². The number of benzene rings is 2. The van der Waals surface area contributed by atoms with Crippen LogP contribution in [0.1, 0.15) is 33.2 Å². The van der Waals surface area contributed by atoms with Gasteiger partial charge in [0.1, 0.15) is 11.4 Å². The lowest BCUT2D eigenvalue weighted by Gasteiger charge is -2.39. The fourth-order valence-electron chi connectivity index (χ4n) is 5.37. The minimum atomic E-state index is -0.675. The summed E-state index contributed by atoms with van der Waals surface area (Å²) in [6.45, 7) is 2.70. The number of piperazine rings is 1. The maximum atomic E-state index is 13.6. The maximum Gasteiger partial charge on any atom is 0.295 e. The standard InChI is InChI=1S/C31H28IN7O4/c1-18-17-38(11-12-39(18)30(41)20-8-4-3-5-9-20)31(42)27(40)22-15-33-25-24(22)23(43-2)16-34-26(25)29-35-28(36-37-29)21-10-6-7-19(13-21)14-32/h3-10,13,15-16,18,33H,11-12,14,17H2,1-2H3,(H,35,36,37)/t18-/m1/s1. The molecule has 3 aromatic heterocycles. The van der Waals surface area contributed by atoms with E-state index in [-0.39, 0.29) is 30.6 Å². The van der Waals surface area contributed by atoms with Crippen molar-refractivity contribution in [3.8, 4) is 28.7 Å². The lowest BCUT2D eigenvalue weighted by Crippen LogP contribution is -2.56. The lowest BCUT2D eigenvalue weighted by atomic mass is 10.1. The van der Waals surface area contributed by atoms with E-state index in [1.54, 1.807) is 17.0 Å². The van der Waals surface area contributed by atoms with Gasteiger partial charge in [-0.1, -0.05) is 59.0 Å². The third-order valence-electron chi connectivity index (χ3n) is 7.58. The predicted molar refractivity (Wildman–Crippen MR) is 169 cm³/mol. The van der Waals surface area contributed by atoms with E-state index < -0.39 is 11.7 Å². The molecule has 1 atom stereocenters. The molecule has 0 saturated carbocycles. The Bertz CT molecular complexity index is 1830. The number of alkyl halides is 1. The molecule has 12 heteroatoms. The number of carbonyl (C=O) groups excluding carboxylic acids is 3. The van der Waals surface area contributed by atoms with Crippen LogP contribution in [0.2, 0.25) is 0 Å². The SMILES string of the molecule is COc1cnc(-c2nc(-c3cccc(CI)c3)n[nH]2)c2[nH]cc(C(=O)C(=O)N3CCN(C(=O)c4ccccc4)[C@H](C)C3)c12. The highest BCUT2D eigenvalue weighted by atomic mass is 127. The molecule has 218 valence electrons. The zero-order valence-corrected chi connectivity index (χ0v) is 25.7. The summed E-state index contributed by atoms with van der Waals surface area (Å²) in [6.07, 6.45) is 3.00. The molecule has 0 aliphatic carbocycles. The Morgan fingerprint density at radius 2 is 1.91 bits per heavy atom. The molecule has 0 spiro atoms. The molecular weight excluding hydrogens is 661 g/mol. The Balaban J connectivity index is 1.26. The molecule has 2 aromatic carbocycles. The van der Waals surface area contributed by atoms with Crippen LogP contribution < -0.4 is 4.74 Å². The molecule has 4 heterocycles.